The van der Waals surface area contributed by atoms with Crippen LogP contribution >= 0.6 is 0 Å². The molecule has 28 heavy (non-hydrogen) atoms. The summed E-state index contributed by atoms with van der Waals surface area (Å²) in [4.78, 5) is 4.82. The first kappa shape index (κ1) is 22.7. The van der Waals surface area contributed by atoms with Crippen molar-refractivity contribution in [2.24, 2.45) is 10.4 Å². The van der Waals surface area contributed by atoms with E-state index in [9.17, 15) is 8.42 Å². The van der Waals surface area contributed by atoms with Crippen molar-refractivity contribution < 1.29 is 8.42 Å². The van der Waals surface area contributed by atoms with E-state index in [0.29, 0.717) is 13.1 Å². The predicted octanol–water partition coefficient (Wildman–Crippen LogP) is 2.62. The van der Waals surface area contributed by atoms with Crippen molar-refractivity contribution >= 4 is 16.0 Å². The summed E-state index contributed by atoms with van der Waals surface area (Å²) in [6.07, 6.45) is 2.58. The molecule has 7 heteroatoms. The minimum absolute atomic E-state index is 0.0578. The van der Waals surface area contributed by atoms with Gasteiger partial charge in [0.2, 0.25) is 10.0 Å². The lowest BCUT2D eigenvalue weighted by molar-refractivity contribution is 0.306. The van der Waals surface area contributed by atoms with Gasteiger partial charge in [-0.05, 0) is 44.1 Å². The molecule has 1 saturated heterocycles. The smallest absolute Gasteiger partial charge is 0.213 e. The van der Waals surface area contributed by atoms with Crippen LogP contribution in [-0.2, 0) is 16.4 Å². The molecule has 0 aromatic heterocycles. The third-order valence-corrected chi connectivity index (χ3v) is 6.97. The first-order valence-corrected chi connectivity index (χ1v) is 11.9. The van der Waals surface area contributed by atoms with Gasteiger partial charge in [-0.2, -0.15) is 0 Å². The van der Waals surface area contributed by atoms with Crippen molar-refractivity contribution in [1.82, 2.24) is 14.9 Å². The molecule has 6 nitrogen and oxygen atoms in total. The molecule has 0 saturated carbocycles. The highest BCUT2D eigenvalue weighted by Gasteiger charge is 2.27. The Morgan fingerprint density at radius 3 is 2.39 bits per heavy atom. The largest absolute Gasteiger partial charge is 0.357 e. The molecule has 158 valence electrons. The highest BCUT2D eigenvalue weighted by atomic mass is 32.2. The van der Waals surface area contributed by atoms with Crippen LogP contribution < -0.4 is 10.6 Å². The Morgan fingerprint density at radius 2 is 1.82 bits per heavy atom. The van der Waals surface area contributed by atoms with Gasteiger partial charge in [0.1, 0.15) is 0 Å². The first-order valence-electron chi connectivity index (χ1n) is 10.3. The molecule has 1 aliphatic heterocycles. The second-order valence-electron chi connectivity index (χ2n) is 8.24. The number of nitrogens with zero attached hydrogens (tertiary/aromatic N) is 2. The maximum absolute atomic E-state index is 12.0. The fraction of sp³-hybridized carbons (Fsp3) is 0.667. The number of aliphatic imine (C=N–C) groups is 1. The standard InChI is InChI=1S/C21H36N4O2S/c1-5-22-20(23-17-21(3,4)16-18-10-8-7-9-11-18)24-19-12-14-25(15-13-19)28(26,27)6-2/h7-11,19H,5-6,12-17H2,1-4H3,(H2,22,23,24). The lowest BCUT2D eigenvalue weighted by Gasteiger charge is -2.32. The Morgan fingerprint density at radius 1 is 1.18 bits per heavy atom. The third kappa shape index (κ3) is 7.09. The second-order valence-corrected chi connectivity index (χ2v) is 10.5. The summed E-state index contributed by atoms with van der Waals surface area (Å²) >= 11 is 0. The Labute approximate surface area is 170 Å². The summed E-state index contributed by atoms with van der Waals surface area (Å²) in [7, 11) is -3.08. The predicted molar refractivity (Wildman–Crippen MR) is 117 cm³/mol. The third-order valence-electron chi connectivity index (χ3n) is 5.09. The van der Waals surface area contributed by atoms with Crippen LogP contribution in [0, 0.1) is 5.41 Å². The number of benzene rings is 1. The maximum Gasteiger partial charge on any atom is 0.213 e. The summed E-state index contributed by atoms with van der Waals surface area (Å²) in [5, 5.41) is 6.83. The van der Waals surface area contributed by atoms with Gasteiger partial charge in [0, 0.05) is 32.2 Å². The monoisotopic (exact) mass is 408 g/mol. The van der Waals surface area contributed by atoms with Crippen LogP contribution in [0.1, 0.15) is 46.1 Å². The molecular weight excluding hydrogens is 372 g/mol. The summed E-state index contributed by atoms with van der Waals surface area (Å²) in [6.45, 7) is 10.9. The molecule has 1 aromatic rings. The Bertz CT molecular complexity index is 724. The van der Waals surface area contributed by atoms with Gasteiger partial charge < -0.3 is 10.6 Å². The number of piperidine rings is 1. The molecule has 1 aliphatic rings. The number of nitrogens with one attached hydrogen (secondary N) is 2. The van der Waals surface area contributed by atoms with E-state index in [2.05, 4.69) is 55.7 Å². The molecule has 0 aliphatic carbocycles. The normalized spacial score (nSPS) is 17.5. The number of sulfonamides is 1. The van der Waals surface area contributed by atoms with Crippen LogP contribution in [0.4, 0.5) is 0 Å². The summed E-state index contributed by atoms with van der Waals surface area (Å²) in [6, 6.07) is 10.8. The molecule has 1 aromatic carbocycles. The number of rotatable bonds is 8. The number of guanidine groups is 1. The summed E-state index contributed by atoms with van der Waals surface area (Å²) in [5.41, 5.74) is 1.38. The summed E-state index contributed by atoms with van der Waals surface area (Å²) in [5.74, 6) is 0.992. The zero-order valence-electron chi connectivity index (χ0n) is 17.7. The summed E-state index contributed by atoms with van der Waals surface area (Å²) < 4.78 is 25.6. The Balaban J connectivity index is 1.92. The quantitative estimate of drug-likeness (QED) is 0.512. The lowest BCUT2D eigenvalue weighted by atomic mass is 9.86. The lowest BCUT2D eigenvalue weighted by Crippen LogP contribution is -2.50. The topological polar surface area (TPSA) is 73.8 Å². The average molecular weight is 409 g/mol. The van der Waals surface area contributed by atoms with Gasteiger partial charge >= 0.3 is 0 Å². The van der Waals surface area contributed by atoms with Crippen LogP contribution in [-0.4, -0.2) is 56.7 Å². The molecule has 0 unspecified atom stereocenters. The van der Waals surface area contributed by atoms with Gasteiger partial charge in [0.25, 0.3) is 0 Å². The Kier molecular flexibility index (Phi) is 8.31. The van der Waals surface area contributed by atoms with E-state index in [1.54, 1.807) is 11.2 Å². The fourth-order valence-electron chi connectivity index (χ4n) is 3.47. The van der Waals surface area contributed by atoms with Gasteiger partial charge in [0.05, 0.1) is 5.75 Å². The van der Waals surface area contributed by atoms with Gasteiger partial charge in [-0.25, -0.2) is 12.7 Å². The van der Waals surface area contributed by atoms with E-state index in [4.69, 9.17) is 4.99 Å². The zero-order chi connectivity index (χ0) is 20.6. The molecule has 0 atom stereocenters. The van der Waals surface area contributed by atoms with E-state index in [0.717, 1.165) is 38.3 Å². The number of hydrogen-bond acceptors (Lipinski definition) is 3. The molecule has 0 amide bonds. The highest BCUT2D eigenvalue weighted by Crippen LogP contribution is 2.22. The molecular formula is C21H36N4O2S. The van der Waals surface area contributed by atoms with Crippen LogP contribution in [0.15, 0.2) is 35.3 Å². The fourth-order valence-corrected chi connectivity index (χ4v) is 4.60. The second kappa shape index (κ2) is 10.3. The van der Waals surface area contributed by atoms with Crippen molar-refractivity contribution in [3.05, 3.63) is 35.9 Å². The van der Waals surface area contributed by atoms with Crippen molar-refractivity contribution in [1.29, 1.82) is 0 Å². The van der Waals surface area contributed by atoms with Crippen LogP contribution in [0.25, 0.3) is 0 Å². The average Bonchev–Trinajstić information content (AvgIpc) is 2.67. The van der Waals surface area contributed by atoms with E-state index >= 15 is 0 Å². The molecule has 0 spiro atoms. The van der Waals surface area contributed by atoms with E-state index in [1.165, 1.54) is 5.56 Å². The van der Waals surface area contributed by atoms with Gasteiger partial charge in [0.15, 0.2) is 5.96 Å². The molecule has 0 bridgehead atoms. The number of hydrogen-bond donors (Lipinski definition) is 2. The van der Waals surface area contributed by atoms with Crippen molar-refractivity contribution in [2.45, 2.75) is 53.0 Å². The molecule has 1 heterocycles. The van der Waals surface area contributed by atoms with Crippen LogP contribution in [0.5, 0.6) is 0 Å². The first-order chi connectivity index (χ1) is 13.3. The van der Waals surface area contributed by atoms with Crippen molar-refractivity contribution in [3.63, 3.8) is 0 Å². The SMILES string of the molecule is CCNC(=NCC(C)(C)Cc1ccccc1)NC1CCN(S(=O)(=O)CC)CC1. The van der Waals surface area contributed by atoms with Gasteiger partial charge in [-0.1, -0.05) is 44.2 Å². The molecule has 2 N–H and O–H groups in total. The van der Waals surface area contributed by atoms with E-state index in [-0.39, 0.29) is 17.2 Å². The molecule has 2 rings (SSSR count). The van der Waals surface area contributed by atoms with Crippen molar-refractivity contribution in [3.8, 4) is 0 Å². The maximum atomic E-state index is 12.0. The van der Waals surface area contributed by atoms with Gasteiger partial charge in [-0.3, -0.25) is 4.99 Å². The molecule has 1 fully saturated rings. The minimum Gasteiger partial charge on any atom is -0.357 e. The van der Waals surface area contributed by atoms with Crippen LogP contribution in [0.3, 0.4) is 0 Å². The van der Waals surface area contributed by atoms with E-state index in [1.807, 2.05) is 6.07 Å². The van der Waals surface area contributed by atoms with Crippen molar-refractivity contribution in [2.75, 3.05) is 31.9 Å². The van der Waals surface area contributed by atoms with Crippen LogP contribution in [0.2, 0.25) is 0 Å². The Hall–Kier alpha value is -1.60. The minimum atomic E-state index is -3.08. The highest BCUT2D eigenvalue weighted by molar-refractivity contribution is 7.89. The molecule has 0 radical (unpaired) electrons. The zero-order valence-corrected chi connectivity index (χ0v) is 18.6. The van der Waals surface area contributed by atoms with Gasteiger partial charge in [-0.15, -0.1) is 0 Å². The van der Waals surface area contributed by atoms with E-state index < -0.39 is 10.0 Å².